The van der Waals surface area contributed by atoms with E-state index in [4.69, 9.17) is 4.74 Å². The van der Waals surface area contributed by atoms with Crippen LogP contribution in [0.4, 0.5) is 4.79 Å². The van der Waals surface area contributed by atoms with Crippen LogP contribution in [0.25, 0.3) is 0 Å². The molecule has 2 amide bonds. The first-order valence-electron chi connectivity index (χ1n) is 5.75. The molecule has 1 aliphatic heterocycles. The molecule has 1 aromatic rings. The van der Waals surface area contributed by atoms with E-state index < -0.39 is 6.09 Å². The topological polar surface area (TPSA) is 46.6 Å². The molecule has 1 atom stereocenters. The zero-order valence-electron chi connectivity index (χ0n) is 11.8. The number of amides is 2. The van der Waals surface area contributed by atoms with E-state index in [1.165, 1.54) is 4.90 Å². The second-order valence-electron chi connectivity index (χ2n) is 4.04. The predicted octanol–water partition coefficient (Wildman–Crippen LogP) is -0.897. The van der Waals surface area contributed by atoms with Crippen molar-refractivity contribution in [2.75, 3.05) is 6.61 Å². The molecule has 18 heavy (non-hydrogen) atoms. The number of carbonyl (C=O) groups is 2. The minimum atomic E-state index is -0.516. The van der Waals surface area contributed by atoms with Crippen LogP contribution in [0.1, 0.15) is 20.3 Å². The summed E-state index contributed by atoms with van der Waals surface area (Å²) in [7, 11) is 0. The second kappa shape index (κ2) is 6.63. The van der Waals surface area contributed by atoms with Gasteiger partial charge in [-0.2, -0.15) is 0 Å². The standard InChI is InChI=1S/C13H15NO3.Li.H/c1-2-12(15)14-11(9-17-13(14)16)8-10-6-4-3-5-7-10;;/h3-7,11H,2,8-9H2,1H3;;/q;+1;-1. The van der Waals surface area contributed by atoms with Crippen molar-refractivity contribution < 1.29 is 34.6 Å². The third kappa shape index (κ3) is 3.15. The van der Waals surface area contributed by atoms with Gasteiger partial charge in [0.05, 0.1) is 6.04 Å². The van der Waals surface area contributed by atoms with Crippen LogP contribution in [-0.2, 0) is 16.0 Å². The summed E-state index contributed by atoms with van der Waals surface area (Å²) < 4.78 is 4.94. The molecule has 1 heterocycles. The monoisotopic (exact) mass is 241 g/mol. The molecule has 0 bridgehead atoms. The van der Waals surface area contributed by atoms with Crippen molar-refractivity contribution in [1.29, 1.82) is 0 Å². The first kappa shape index (κ1) is 14.8. The Morgan fingerprint density at radius 3 is 2.72 bits per heavy atom. The molecular weight excluding hydrogens is 225 g/mol. The number of hydrogen-bond acceptors (Lipinski definition) is 3. The third-order valence-electron chi connectivity index (χ3n) is 2.85. The summed E-state index contributed by atoms with van der Waals surface area (Å²) in [5, 5.41) is 0. The molecule has 0 radical (unpaired) electrons. The number of rotatable bonds is 3. The van der Waals surface area contributed by atoms with Crippen molar-refractivity contribution in [3.63, 3.8) is 0 Å². The maximum absolute atomic E-state index is 11.7. The van der Waals surface area contributed by atoms with Gasteiger partial charge in [0.1, 0.15) is 6.61 Å². The SMILES string of the molecule is CCC(=O)N1C(=O)OCC1Cc1ccccc1.[H-].[Li+]. The molecule has 1 aliphatic rings. The van der Waals surface area contributed by atoms with Gasteiger partial charge in [-0.05, 0) is 12.0 Å². The van der Waals surface area contributed by atoms with Crippen molar-refractivity contribution in [1.82, 2.24) is 4.90 Å². The fraction of sp³-hybridized carbons (Fsp3) is 0.385. The molecule has 92 valence electrons. The van der Waals surface area contributed by atoms with Crippen molar-refractivity contribution in [2.24, 2.45) is 0 Å². The van der Waals surface area contributed by atoms with E-state index in [0.717, 1.165) is 5.56 Å². The number of imide groups is 1. The average molecular weight is 241 g/mol. The minimum Gasteiger partial charge on any atom is -1.00 e. The van der Waals surface area contributed by atoms with Crippen LogP contribution in [0.15, 0.2) is 30.3 Å². The van der Waals surface area contributed by atoms with Gasteiger partial charge in [-0.3, -0.25) is 4.79 Å². The first-order valence-corrected chi connectivity index (χ1v) is 5.75. The smallest absolute Gasteiger partial charge is 1.00 e. The van der Waals surface area contributed by atoms with Crippen molar-refractivity contribution in [3.05, 3.63) is 35.9 Å². The quantitative estimate of drug-likeness (QED) is 0.644. The van der Waals surface area contributed by atoms with Gasteiger partial charge in [0.15, 0.2) is 0 Å². The van der Waals surface area contributed by atoms with E-state index >= 15 is 0 Å². The normalized spacial score (nSPS) is 18.2. The van der Waals surface area contributed by atoms with E-state index in [2.05, 4.69) is 0 Å². The number of benzene rings is 1. The molecular formula is C13H16LiNO3. The summed E-state index contributed by atoms with van der Waals surface area (Å²) in [6.45, 7) is 2.03. The van der Waals surface area contributed by atoms with Crippen LogP contribution in [0.5, 0.6) is 0 Å². The van der Waals surface area contributed by atoms with Gasteiger partial charge in [-0.1, -0.05) is 37.3 Å². The molecule has 1 aromatic carbocycles. The first-order chi connectivity index (χ1) is 8.22. The van der Waals surface area contributed by atoms with Gasteiger partial charge in [-0.15, -0.1) is 0 Å². The Hall–Kier alpha value is -1.24. The molecule has 4 nitrogen and oxygen atoms in total. The number of ether oxygens (including phenoxy) is 1. The van der Waals surface area contributed by atoms with Crippen LogP contribution in [0.3, 0.4) is 0 Å². The zero-order valence-corrected chi connectivity index (χ0v) is 10.8. The van der Waals surface area contributed by atoms with Gasteiger partial charge in [0.25, 0.3) is 0 Å². The molecule has 5 heteroatoms. The Kier molecular flexibility index (Phi) is 5.45. The van der Waals surface area contributed by atoms with Gasteiger partial charge in [0, 0.05) is 6.42 Å². The molecule has 0 saturated carbocycles. The van der Waals surface area contributed by atoms with Gasteiger partial charge in [-0.25, -0.2) is 9.69 Å². The second-order valence-corrected chi connectivity index (χ2v) is 4.04. The molecule has 1 unspecified atom stereocenters. The Labute approximate surface area is 120 Å². The number of cyclic esters (lactones) is 1. The van der Waals surface area contributed by atoms with Gasteiger partial charge < -0.3 is 6.16 Å². The van der Waals surface area contributed by atoms with Gasteiger partial charge >= 0.3 is 25.0 Å². The Bertz CT molecular complexity index is 427. The maximum Gasteiger partial charge on any atom is 1.00 e. The van der Waals surface area contributed by atoms with E-state index in [-0.39, 0.29) is 32.2 Å². The van der Waals surface area contributed by atoms with Crippen LogP contribution in [-0.4, -0.2) is 29.5 Å². The fourth-order valence-corrected chi connectivity index (χ4v) is 1.97. The van der Waals surface area contributed by atoms with Crippen LogP contribution < -0.4 is 18.9 Å². The maximum atomic E-state index is 11.7. The fourth-order valence-electron chi connectivity index (χ4n) is 1.97. The Morgan fingerprint density at radius 1 is 1.44 bits per heavy atom. The van der Waals surface area contributed by atoms with E-state index in [1.54, 1.807) is 6.92 Å². The van der Waals surface area contributed by atoms with Crippen LogP contribution >= 0.6 is 0 Å². The summed E-state index contributed by atoms with van der Waals surface area (Å²) in [5.74, 6) is -0.173. The Balaban J connectivity index is 0.00000162. The Morgan fingerprint density at radius 2 is 2.11 bits per heavy atom. The largest absolute Gasteiger partial charge is 1.00 e. The van der Waals surface area contributed by atoms with Crippen molar-refractivity contribution in [2.45, 2.75) is 25.8 Å². The molecule has 0 spiro atoms. The van der Waals surface area contributed by atoms with Gasteiger partial charge in [0.2, 0.25) is 5.91 Å². The molecule has 1 fully saturated rings. The summed E-state index contributed by atoms with van der Waals surface area (Å²) >= 11 is 0. The van der Waals surface area contributed by atoms with Crippen LogP contribution in [0.2, 0.25) is 0 Å². The minimum absolute atomic E-state index is 0. The number of carbonyl (C=O) groups excluding carboxylic acids is 2. The van der Waals surface area contributed by atoms with E-state index in [1.807, 2.05) is 30.3 Å². The summed E-state index contributed by atoms with van der Waals surface area (Å²) in [5.41, 5.74) is 1.10. The van der Waals surface area contributed by atoms with E-state index in [9.17, 15) is 9.59 Å². The average Bonchev–Trinajstić information content (AvgIpc) is 2.71. The zero-order chi connectivity index (χ0) is 12.3. The van der Waals surface area contributed by atoms with Crippen LogP contribution in [0, 0.1) is 0 Å². The summed E-state index contributed by atoms with van der Waals surface area (Å²) in [6.07, 6.45) is 0.455. The molecule has 2 rings (SSSR count). The summed E-state index contributed by atoms with van der Waals surface area (Å²) in [4.78, 5) is 24.4. The number of hydrogen-bond donors (Lipinski definition) is 0. The van der Waals surface area contributed by atoms with Crippen molar-refractivity contribution in [3.8, 4) is 0 Å². The number of nitrogens with zero attached hydrogens (tertiary/aromatic N) is 1. The molecule has 0 N–H and O–H groups in total. The molecule has 1 saturated heterocycles. The van der Waals surface area contributed by atoms with Crippen molar-refractivity contribution >= 4 is 12.0 Å². The summed E-state index contributed by atoms with van der Waals surface area (Å²) in [6, 6.07) is 9.62. The molecule has 0 aromatic heterocycles. The van der Waals surface area contributed by atoms with E-state index in [0.29, 0.717) is 19.4 Å². The molecule has 0 aliphatic carbocycles. The third-order valence-corrected chi connectivity index (χ3v) is 2.85. The predicted molar refractivity (Wildman–Crippen MR) is 63.5 cm³/mol.